The van der Waals surface area contributed by atoms with Crippen LogP contribution in [0.4, 0.5) is 5.69 Å². The maximum absolute atomic E-state index is 7.61. The molecule has 1 aromatic rings. The predicted molar refractivity (Wildman–Crippen MR) is 46.3 cm³/mol. The minimum absolute atomic E-state index is 0.671. The Bertz CT molecular complexity index is 282. The van der Waals surface area contributed by atoms with Gasteiger partial charge in [0.05, 0.1) is 18.1 Å². The van der Waals surface area contributed by atoms with Gasteiger partial charge in [0.1, 0.15) is 12.2 Å². The van der Waals surface area contributed by atoms with Crippen molar-refractivity contribution in [2.75, 3.05) is 11.4 Å². The van der Waals surface area contributed by atoms with Gasteiger partial charge in [-0.1, -0.05) is 0 Å². The smallest absolute Gasteiger partial charge is 0.115 e. The fourth-order valence-electron chi connectivity index (χ4n) is 1.39. The lowest BCUT2D eigenvalue weighted by Crippen LogP contribution is -2.23. The van der Waals surface area contributed by atoms with Crippen molar-refractivity contribution >= 4 is 11.5 Å². The first-order valence-corrected chi connectivity index (χ1v) is 3.98. The lowest BCUT2D eigenvalue weighted by molar-refractivity contribution is 0.949. The normalized spacial score (nSPS) is 17.0. The molecule has 0 spiro atoms. The first kappa shape index (κ1) is 7.21. The molecule has 1 aliphatic heterocycles. The molecule has 0 radical (unpaired) electrons. The highest BCUT2D eigenvalue weighted by molar-refractivity contribution is 5.97. The minimum atomic E-state index is 0.671. The molecule has 1 saturated heterocycles. The number of amidine groups is 1. The van der Waals surface area contributed by atoms with Crippen molar-refractivity contribution in [3.05, 3.63) is 18.7 Å². The van der Waals surface area contributed by atoms with Crippen LogP contribution in [0.25, 0.3) is 0 Å². The lowest BCUT2D eigenvalue weighted by Gasteiger charge is -2.15. The third kappa shape index (κ3) is 1.15. The zero-order chi connectivity index (χ0) is 8.39. The highest BCUT2D eigenvalue weighted by atomic mass is 15.2. The molecule has 4 nitrogen and oxygen atoms in total. The van der Waals surface area contributed by atoms with Crippen LogP contribution >= 0.6 is 0 Å². The Morgan fingerprint density at radius 2 is 2.08 bits per heavy atom. The quantitative estimate of drug-likeness (QED) is 0.671. The Kier molecular flexibility index (Phi) is 1.74. The summed E-state index contributed by atoms with van der Waals surface area (Å²) in [7, 11) is 0. The van der Waals surface area contributed by atoms with Gasteiger partial charge in [-0.25, -0.2) is 9.97 Å². The van der Waals surface area contributed by atoms with Crippen molar-refractivity contribution in [1.82, 2.24) is 9.97 Å². The van der Waals surface area contributed by atoms with E-state index in [4.69, 9.17) is 5.41 Å². The molecule has 1 N–H and O–H groups in total. The minimum Gasteiger partial charge on any atom is -0.328 e. The number of hydrogen-bond donors (Lipinski definition) is 1. The fraction of sp³-hybridized carbons (Fsp3) is 0.375. The van der Waals surface area contributed by atoms with Crippen LogP contribution in [-0.4, -0.2) is 22.3 Å². The van der Waals surface area contributed by atoms with Gasteiger partial charge in [0, 0.05) is 13.0 Å². The van der Waals surface area contributed by atoms with E-state index in [-0.39, 0.29) is 0 Å². The number of rotatable bonds is 1. The van der Waals surface area contributed by atoms with Crippen LogP contribution in [0, 0.1) is 5.41 Å². The van der Waals surface area contributed by atoms with Crippen LogP contribution in [0.1, 0.15) is 12.8 Å². The number of nitrogens with zero attached hydrogens (tertiary/aromatic N) is 3. The predicted octanol–water partition coefficient (Wildman–Crippen LogP) is 1.05. The largest absolute Gasteiger partial charge is 0.328 e. The maximum atomic E-state index is 7.61. The highest BCUT2D eigenvalue weighted by Gasteiger charge is 2.18. The van der Waals surface area contributed by atoms with Crippen LogP contribution in [0.3, 0.4) is 0 Å². The second-order valence-corrected chi connectivity index (χ2v) is 2.80. The standard InChI is InChI=1S/C8H10N4/c9-8-2-1-3-12(8)7-4-10-6-11-5-7/h4-6,9H,1-3H2. The molecule has 12 heavy (non-hydrogen) atoms. The van der Waals surface area contributed by atoms with Gasteiger partial charge in [0.15, 0.2) is 0 Å². The molecule has 0 bridgehead atoms. The second-order valence-electron chi connectivity index (χ2n) is 2.80. The average Bonchev–Trinajstić information content (AvgIpc) is 2.53. The van der Waals surface area contributed by atoms with E-state index in [1.54, 1.807) is 12.4 Å². The molecule has 0 aliphatic carbocycles. The molecular formula is C8H10N4. The molecule has 0 unspecified atom stereocenters. The van der Waals surface area contributed by atoms with Crippen molar-refractivity contribution in [2.24, 2.45) is 0 Å². The van der Waals surface area contributed by atoms with Gasteiger partial charge < -0.3 is 4.90 Å². The molecule has 0 aromatic carbocycles. The van der Waals surface area contributed by atoms with Gasteiger partial charge in [0.25, 0.3) is 0 Å². The molecule has 2 rings (SSSR count). The van der Waals surface area contributed by atoms with E-state index in [2.05, 4.69) is 9.97 Å². The summed E-state index contributed by atoms with van der Waals surface area (Å²) in [6.45, 7) is 0.923. The molecule has 1 fully saturated rings. The van der Waals surface area contributed by atoms with Crippen LogP contribution < -0.4 is 4.90 Å². The van der Waals surface area contributed by atoms with Gasteiger partial charge in [-0.3, -0.25) is 5.41 Å². The van der Waals surface area contributed by atoms with Gasteiger partial charge in [0.2, 0.25) is 0 Å². The van der Waals surface area contributed by atoms with Gasteiger partial charge >= 0.3 is 0 Å². The summed E-state index contributed by atoms with van der Waals surface area (Å²) >= 11 is 0. The summed E-state index contributed by atoms with van der Waals surface area (Å²) in [5.41, 5.74) is 0.931. The van der Waals surface area contributed by atoms with Crippen LogP contribution in [0.15, 0.2) is 18.7 Å². The second kappa shape index (κ2) is 2.89. The molecule has 0 atom stereocenters. The zero-order valence-electron chi connectivity index (χ0n) is 6.70. The molecule has 0 amide bonds. The van der Waals surface area contributed by atoms with E-state index in [1.165, 1.54) is 6.33 Å². The Morgan fingerprint density at radius 3 is 2.67 bits per heavy atom. The van der Waals surface area contributed by atoms with E-state index < -0.39 is 0 Å². The molecule has 0 saturated carbocycles. The number of anilines is 1. The van der Waals surface area contributed by atoms with E-state index in [0.29, 0.717) is 5.84 Å². The van der Waals surface area contributed by atoms with Crippen molar-refractivity contribution in [3.8, 4) is 0 Å². The molecular weight excluding hydrogens is 152 g/mol. The first-order valence-electron chi connectivity index (χ1n) is 3.98. The number of hydrogen-bond acceptors (Lipinski definition) is 3. The van der Waals surface area contributed by atoms with E-state index in [9.17, 15) is 0 Å². The molecule has 1 aromatic heterocycles. The fourth-order valence-corrected chi connectivity index (χ4v) is 1.39. The third-order valence-electron chi connectivity index (χ3n) is 1.98. The molecule has 4 heteroatoms. The maximum Gasteiger partial charge on any atom is 0.115 e. The van der Waals surface area contributed by atoms with Crippen LogP contribution in [0.2, 0.25) is 0 Å². The average molecular weight is 162 g/mol. The SMILES string of the molecule is N=C1CCCN1c1cncnc1. The summed E-state index contributed by atoms with van der Waals surface area (Å²) in [4.78, 5) is 9.77. The van der Waals surface area contributed by atoms with Crippen LogP contribution in [-0.2, 0) is 0 Å². The van der Waals surface area contributed by atoms with E-state index in [0.717, 1.165) is 25.1 Å². The highest BCUT2D eigenvalue weighted by Crippen LogP contribution is 2.18. The van der Waals surface area contributed by atoms with Crippen molar-refractivity contribution < 1.29 is 0 Å². The monoisotopic (exact) mass is 162 g/mol. The third-order valence-corrected chi connectivity index (χ3v) is 1.98. The van der Waals surface area contributed by atoms with E-state index in [1.807, 2.05) is 4.90 Å². The number of aromatic nitrogens is 2. The lowest BCUT2D eigenvalue weighted by atomic mass is 10.4. The first-order chi connectivity index (χ1) is 5.88. The summed E-state index contributed by atoms with van der Waals surface area (Å²) < 4.78 is 0. The Hall–Kier alpha value is -1.45. The number of nitrogens with one attached hydrogen (secondary N) is 1. The van der Waals surface area contributed by atoms with Crippen molar-refractivity contribution in [3.63, 3.8) is 0 Å². The van der Waals surface area contributed by atoms with Crippen molar-refractivity contribution in [1.29, 1.82) is 5.41 Å². The summed E-state index contributed by atoms with van der Waals surface area (Å²) in [6.07, 6.45) is 6.92. The van der Waals surface area contributed by atoms with E-state index >= 15 is 0 Å². The van der Waals surface area contributed by atoms with Gasteiger partial charge in [-0.2, -0.15) is 0 Å². The molecule has 1 aliphatic rings. The zero-order valence-corrected chi connectivity index (χ0v) is 6.70. The topological polar surface area (TPSA) is 52.9 Å². The Morgan fingerprint density at radius 1 is 1.33 bits per heavy atom. The molecule has 62 valence electrons. The van der Waals surface area contributed by atoms with Gasteiger partial charge in [-0.15, -0.1) is 0 Å². The van der Waals surface area contributed by atoms with Crippen LogP contribution in [0.5, 0.6) is 0 Å². The summed E-state index contributed by atoms with van der Waals surface area (Å²) in [6, 6.07) is 0. The van der Waals surface area contributed by atoms with Crippen molar-refractivity contribution in [2.45, 2.75) is 12.8 Å². The Labute approximate surface area is 70.8 Å². The van der Waals surface area contributed by atoms with Gasteiger partial charge in [-0.05, 0) is 6.42 Å². The Balaban J connectivity index is 2.25. The summed E-state index contributed by atoms with van der Waals surface area (Å²) in [5, 5.41) is 7.61. The summed E-state index contributed by atoms with van der Waals surface area (Å²) in [5.74, 6) is 0.671. The molecule has 2 heterocycles.